The Hall–Kier alpha value is -1.24. The predicted molar refractivity (Wildman–Crippen MR) is 71.1 cm³/mol. The second-order valence-electron chi connectivity index (χ2n) is 4.17. The third kappa shape index (κ3) is 7.71. The first-order valence-corrected chi connectivity index (χ1v) is 7.76. The SMILES string of the molecule is CS(=O)(=O)O[C@@H](CCC=O)COCc1ccccc1. The van der Waals surface area contributed by atoms with Crippen LogP contribution in [-0.4, -0.2) is 33.7 Å². The molecule has 0 unspecified atom stereocenters. The van der Waals surface area contributed by atoms with Crippen molar-refractivity contribution < 1.29 is 22.1 Å². The highest BCUT2D eigenvalue weighted by Gasteiger charge is 2.15. The summed E-state index contributed by atoms with van der Waals surface area (Å²) in [6, 6.07) is 9.53. The first-order valence-electron chi connectivity index (χ1n) is 5.95. The maximum Gasteiger partial charge on any atom is 0.264 e. The molecule has 1 atom stereocenters. The Labute approximate surface area is 113 Å². The molecular formula is C13H18O5S. The first-order chi connectivity index (χ1) is 9.01. The zero-order chi connectivity index (χ0) is 14.1. The van der Waals surface area contributed by atoms with Gasteiger partial charge in [-0.05, 0) is 12.0 Å². The van der Waals surface area contributed by atoms with Gasteiger partial charge >= 0.3 is 0 Å². The summed E-state index contributed by atoms with van der Waals surface area (Å²) in [5, 5.41) is 0. The molecule has 6 heteroatoms. The lowest BCUT2D eigenvalue weighted by atomic mass is 10.2. The van der Waals surface area contributed by atoms with E-state index in [1.807, 2.05) is 30.3 Å². The summed E-state index contributed by atoms with van der Waals surface area (Å²) in [7, 11) is -3.54. The van der Waals surface area contributed by atoms with Crippen LogP contribution in [0.25, 0.3) is 0 Å². The van der Waals surface area contributed by atoms with Gasteiger partial charge in [0.15, 0.2) is 0 Å². The van der Waals surface area contributed by atoms with Crippen LogP contribution < -0.4 is 0 Å². The van der Waals surface area contributed by atoms with Crippen molar-refractivity contribution in [2.45, 2.75) is 25.6 Å². The number of carbonyl (C=O) groups is 1. The molecule has 1 aromatic carbocycles. The molecular weight excluding hydrogens is 268 g/mol. The molecule has 106 valence electrons. The second kappa shape index (κ2) is 8.04. The van der Waals surface area contributed by atoms with Crippen molar-refractivity contribution in [2.24, 2.45) is 0 Å². The summed E-state index contributed by atoms with van der Waals surface area (Å²) < 4.78 is 32.4. The molecule has 0 aliphatic carbocycles. The molecule has 0 aromatic heterocycles. The summed E-state index contributed by atoms with van der Waals surface area (Å²) in [4.78, 5) is 10.3. The van der Waals surface area contributed by atoms with Gasteiger partial charge < -0.3 is 9.53 Å². The lowest BCUT2D eigenvalue weighted by Crippen LogP contribution is -2.23. The lowest BCUT2D eigenvalue weighted by Gasteiger charge is -2.15. The zero-order valence-corrected chi connectivity index (χ0v) is 11.6. The van der Waals surface area contributed by atoms with Gasteiger partial charge in [-0.15, -0.1) is 0 Å². The van der Waals surface area contributed by atoms with Gasteiger partial charge in [0.2, 0.25) is 0 Å². The molecule has 19 heavy (non-hydrogen) atoms. The molecule has 0 saturated heterocycles. The fourth-order valence-corrected chi connectivity index (χ4v) is 2.19. The normalized spacial score (nSPS) is 13.1. The molecule has 0 radical (unpaired) electrons. The van der Waals surface area contributed by atoms with Crippen LogP contribution in [0.1, 0.15) is 18.4 Å². The van der Waals surface area contributed by atoms with E-state index in [9.17, 15) is 13.2 Å². The molecule has 0 spiro atoms. The van der Waals surface area contributed by atoms with E-state index in [0.29, 0.717) is 13.0 Å². The van der Waals surface area contributed by atoms with Crippen LogP contribution in [0, 0.1) is 0 Å². The van der Waals surface area contributed by atoms with Gasteiger partial charge in [-0.2, -0.15) is 8.42 Å². The lowest BCUT2D eigenvalue weighted by molar-refractivity contribution is -0.108. The first kappa shape index (κ1) is 15.8. The van der Waals surface area contributed by atoms with Crippen molar-refractivity contribution in [2.75, 3.05) is 12.9 Å². The van der Waals surface area contributed by atoms with Crippen LogP contribution in [-0.2, 0) is 30.4 Å². The van der Waals surface area contributed by atoms with Crippen LogP contribution >= 0.6 is 0 Å². The largest absolute Gasteiger partial charge is 0.374 e. The molecule has 5 nitrogen and oxygen atoms in total. The summed E-state index contributed by atoms with van der Waals surface area (Å²) >= 11 is 0. The minimum Gasteiger partial charge on any atom is -0.374 e. The Morgan fingerprint density at radius 3 is 2.53 bits per heavy atom. The molecule has 0 fully saturated rings. The third-order valence-electron chi connectivity index (χ3n) is 2.33. The van der Waals surface area contributed by atoms with E-state index in [4.69, 9.17) is 8.92 Å². The van der Waals surface area contributed by atoms with E-state index >= 15 is 0 Å². The van der Waals surface area contributed by atoms with E-state index in [0.717, 1.165) is 18.1 Å². The topological polar surface area (TPSA) is 69.7 Å². The Balaban J connectivity index is 2.41. The van der Waals surface area contributed by atoms with Gasteiger partial charge in [-0.3, -0.25) is 4.18 Å². The number of hydrogen-bond acceptors (Lipinski definition) is 5. The van der Waals surface area contributed by atoms with Crippen molar-refractivity contribution in [3.63, 3.8) is 0 Å². The number of rotatable bonds is 9. The van der Waals surface area contributed by atoms with Crippen molar-refractivity contribution in [1.82, 2.24) is 0 Å². The Morgan fingerprint density at radius 1 is 1.26 bits per heavy atom. The monoisotopic (exact) mass is 286 g/mol. The van der Waals surface area contributed by atoms with Crippen molar-refractivity contribution in [3.8, 4) is 0 Å². The maximum absolute atomic E-state index is 11.1. The molecule has 1 aromatic rings. The van der Waals surface area contributed by atoms with Gasteiger partial charge in [0.25, 0.3) is 10.1 Å². The molecule has 0 saturated carbocycles. The van der Waals surface area contributed by atoms with Gasteiger partial charge in [-0.1, -0.05) is 30.3 Å². The van der Waals surface area contributed by atoms with E-state index in [2.05, 4.69) is 0 Å². The van der Waals surface area contributed by atoms with E-state index in [1.165, 1.54) is 0 Å². The summed E-state index contributed by atoms with van der Waals surface area (Å²) in [6.07, 6.45) is 1.66. The molecule has 0 bridgehead atoms. The van der Waals surface area contributed by atoms with Crippen molar-refractivity contribution in [1.29, 1.82) is 0 Å². The zero-order valence-electron chi connectivity index (χ0n) is 10.8. The van der Waals surface area contributed by atoms with E-state index < -0.39 is 16.2 Å². The molecule has 0 N–H and O–H groups in total. The quantitative estimate of drug-likeness (QED) is 0.508. The van der Waals surface area contributed by atoms with E-state index in [-0.39, 0.29) is 13.0 Å². The minimum absolute atomic E-state index is 0.135. The van der Waals surface area contributed by atoms with Crippen LogP contribution in [0.4, 0.5) is 0 Å². The van der Waals surface area contributed by atoms with Crippen LogP contribution in [0.15, 0.2) is 30.3 Å². The van der Waals surface area contributed by atoms with Gasteiger partial charge in [0.1, 0.15) is 12.4 Å². The predicted octanol–water partition coefficient (Wildman–Crippen LogP) is 1.53. The van der Waals surface area contributed by atoms with Gasteiger partial charge in [0.05, 0.1) is 19.5 Å². The second-order valence-corrected chi connectivity index (χ2v) is 5.77. The summed E-state index contributed by atoms with van der Waals surface area (Å²) in [6.45, 7) is 0.515. The fraction of sp³-hybridized carbons (Fsp3) is 0.462. The molecule has 1 rings (SSSR count). The van der Waals surface area contributed by atoms with Crippen LogP contribution in [0.3, 0.4) is 0 Å². The molecule has 0 heterocycles. The number of ether oxygens (including phenoxy) is 1. The molecule has 0 amide bonds. The Morgan fingerprint density at radius 2 is 1.95 bits per heavy atom. The maximum atomic E-state index is 11.1. The van der Waals surface area contributed by atoms with Crippen molar-refractivity contribution in [3.05, 3.63) is 35.9 Å². The highest BCUT2D eigenvalue weighted by Crippen LogP contribution is 2.08. The summed E-state index contributed by atoms with van der Waals surface area (Å²) in [5.74, 6) is 0. The van der Waals surface area contributed by atoms with Crippen LogP contribution in [0.2, 0.25) is 0 Å². The standard InChI is InChI=1S/C13H18O5S/c1-19(15,16)18-13(8-5-9-14)11-17-10-12-6-3-2-4-7-12/h2-4,6-7,9,13H,5,8,10-11H2,1H3/t13-/m0/s1. The van der Waals surface area contributed by atoms with Gasteiger partial charge in [-0.25, -0.2) is 0 Å². The number of hydrogen-bond donors (Lipinski definition) is 0. The molecule has 0 aliphatic rings. The Kier molecular flexibility index (Phi) is 6.69. The van der Waals surface area contributed by atoms with Gasteiger partial charge in [0, 0.05) is 6.42 Å². The highest BCUT2D eigenvalue weighted by atomic mass is 32.2. The number of carbonyl (C=O) groups excluding carboxylic acids is 1. The Bertz CT molecular complexity index is 469. The number of benzene rings is 1. The smallest absolute Gasteiger partial charge is 0.264 e. The van der Waals surface area contributed by atoms with Crippen LogP contribution in [0.5, 0.6) is 0 Å². The highest BCUT2D eigenvalue weighted by molar-refractivity contribution is 7.86. The average molecular weight is 286 g/mol. The average Bonchev–Trinajstić information content (AvgIpc) is 2.35. The summed E-state index contributed by atoms with van der Waals surface area (Å²) in [5.41, 5.74) is 0.996. The third-order valence-corrected chi connectivity index (χ3v) is 2.95. The molecule has 0 aliphatic heterocycles. The minimum atomic E-state index is -3.54. The van der Waals surface area contributed by atoms with Crippen molar-refractivity contribution >= 4 is 16.4 Å². The van der Waals surface area contributed by atoms with E-state index in [1.54, 1.807) is 0 Å². The fourth-order valence-electron chi connectivity index (χ4n) is 1.54. The number of aldehydes is 1.